The summed E-state index contributed by atoms with van der Waals surface area (Å²) in [6.07, 6.45) is 5.81. The predicted octanol–water partition coefficient (Wildman–Crippen LogP) is 14.3. The maximum atomic E-state index is 6.88. The smallest absolute Gasteiger partial charge is 0.228 e. The lowest BCUT2D eigenvalue weighted by molar-refractivity contribution is 0.120. The second kappa shape index (κ2) is 17.5. The Morgan fingerprint density at radius 3 is 1.52 bits per heavy atom. The summed E-state index contributed by atoms with van der Waals surface area (Å²) in [5.74, 6) is 1.55. The Morgan fingerprint density at radius 1 is 0.611 bits per heavy atom. The molecule has 6 nitrogen and oxygen atoms in total. The third kappa shape index (κ3) is 7.82. The fourth-order valence-corrected chi connectivity index (χ4v) is 7.35. The first-order chi connectivity index (χ1) is 25.6. The van der Waals surface area contributed by atoms with Gasteiger partial charge in [0.05, 0.1) is 43.3 Å². The molecule has 1 aliphatic heterocycles. The lowest BCUT2D eigenvalue weighted by Gasteiger charge is -2.13. The molecule has 0 spiro atoms. The molecule has 1 saturated heterocycles. The minimum Gasteiger partial charge on any atom is -0.437 e. The summed E-state index contributed by atoms with van der Waals surface area (Å²) in [7, 11) is 0. The highest BCUT2D eigenvalue weighted by Gasteiger charge is 2.24. The summed E-state index contributed by atoms with van der Waals surface area (Å²) in [5, 5.41) is 6.30. The highest BCUT2D eigenvalue weighted by atomic mass is 79.9. The summed E-state index contributed by atoms with van der Waals surface area (Å²) in [6.45, 7) is 1.55. The maximum absolute atomic E-state index is 6.88. The number of aromatic nitrogens is 2. The third-order valence-corrected chi connectivity index (χ3v) is 10.6. The van der Waals surface area contributed by atoms with Gasteiger partial charge < -0.3 is 18.9 Å². The number of fused-ring (bicyclic) bond motifs is 2. The molecule has 54 heavy (non-hydrogen) atoms. The fourth-order valence-electron chi connectivity index (χ4n) is 6.53. The number of furan rings is 2. The van der Waals surface area contributed by atoms with E-state index in [2.05, 4.69) is 43.3 Å². The standard InChI is InChI=1S/C24H21ClN2O2.C19H11BrClNO.2CH4/c25-22-19(26-14-18-12-7-13-28-18)15-27-24-21(22)20(16-8-3-1-4-9-16)23(29-24)17-10-5-2-6-11-17;20-14-11-22-19-16(17(14)21)15(12-7-3-1-4-8-12)18(23-19)13-9-5-2-6-10-13;;/h1-6,8-11,15,18,26H,7,12-14H2;1-11H;2*1H4/t18-;;;/m0.../s1. The molecule has 0 radical (unpaired) electrons. The van der Waals surface area contributed by atoms with E-state index < -0.39 is 0 Å². The Hall–Kier alpha value is -4.92. The second-order valence-corrected chi connectivity index (χ2v) is 14.0. The van der Waals surface area contributed by atoms with Gasteiger partial charge >= 0.3 is 0 Å². The van der Waals surface area contributed by atoms with Gasteiger partial charge in [0.1, 0.15) is 11.5 Å². The summed E-state index contributed by atoms with van der Waals surface area (Å²) < 4.78 is 18.7. The number of rotatable bonds is 7. The number of hydrogen-bond acceptors (Lipinski definition) is 6. The van der Waals surface area contributed by atoms with Crippen LogP contribution in [0.25, 0.3) is 67.1 Å². The highest BCUT2D eigenvalue weighted by molar-refractivity contribution is 9.10. The van der Waals surface area contributed by atoms with Gasteiger partial charge in [-0.1, -0.05) is 159 Å². The van der Waals surface area contributed by atoms with Crippen LogP contribution >= 0.6 is 39.1 Å². The topological polar surface area (TPSA) is 73.3 Å². The molecule has 9 rings (SSSR count). The van der Waals surface area contributed by atoms with E-state index in [0.717, 1.165) is 91.8 Å². The fraction of sp³-hybridized carbons (Fsp3) is 0.156. The van der Waals surface area contributed by atoms with Crippen LogP contribution in [0.3, 0.4) is 0 Å². The van der Waals surface area contributed by atoms with E-state index in [9.17, 15) is 0 Å². The zero-order chi connectivity index (χ0) is 35.4. The van der Waals surface area contributed by atoms with Crippen molar-refractivity contribution in [1.29, 1.82) is 0 Å². The molecule has 4 aromatic heterocycles. The number of nitrogens with one attached hydrogen (secondary N) is 1. The molecule has 1 atom stereocenters. The number of nitrogens with zero attached hydrogens (tertiary/aromatic N) is 2. The van der Waals surface area contributed by atoms with Crippen LogP contribution in [0.15, 0.2) is 147 Å². The van der Waals surface area contributed by atoms with Gasteiger partial charge in [-0.3, -0.25) is 0 Å². The molecular formula is C45H40BrCl2N3O3. The SMILES string of the molecule is C.C.Clc1c(Br)cnc2oc(-c3ccccc3)c(-c3ccccc3)c12.Clc1c(NC[C@@H]2CCCO2)cnc2oc(-c3ccccc3)c(-c3ccccc3)c12. The number of pyridine rings is 2. The van der Waals surface area contributed by atoms with Crippen LogP contribution in [0, 0.1) is 0 Å². The minimum absolute atomic E-state index is 0. The molecule has 4 aromatic carbocycles. The number of benzene rings is 4. The van der Waals surface area contributed by atoms with E-state index in [1.54, 1.807) is 12.4 Å². The Bertz CT molecular complexity index is 2450. The first kappa shape index (κ1) is 38.8. The molecule has 8 aromatic rings. The van der Waals surface area contributed by atoms with Crippen LogP contribution < -0.4 is 5.32 Å². The molecule has 1 aliphatic rings. The van der Waals surface area contributed by atoms with E-state index >= 15 is 0 Å². The summed E-state index contributed by atoms with van der Waals surface area (Å²) in [6, 6.07) is 40.3. The molecule has 1 fully saturated rings. The Kier molecular flexibility index (Phi) is 12.6. The molecule has 0 bridgehead atoms. The van der Waals surface area contributed by atoms with Gasteiger partial charge in [0.15, 0.2) is 0 Å². The van der Waals surface area contributed by atoms with Crippen molar-refractivity contribution >= 4 is 67.0 Å². The van der Waals surface area contributed by atoms with Gasteiger partial charge in [-0.05, 0) is 39.9 Å². The quantitative estimate of drug-likeness (QED) is 0.173. The molecule has 9 heteroatoms. The van der Waals surface area contributed by atoms with E-state index in [1.807, 2.05) is 109 Å². The van der Waals surface area contributed by atoms with E-state index in [1.165, 1.54) is 0 Å². The zero-order valence-electron chi connectivity index (χ0n) is 27.9. The number of anilines is 1. The predicted molar refractivity (Wildman–Crippen MR) is 228 cm³/mol. The van der Waals surface area contributed by atoms with Crippen LogP contribution in [-0.4, -0.2) is 29.2 Å². The summed E-state index contributed by atoms with van der Waals surface area (Å²) >= 11 is 16.9. The van der Waals surface area contributed by atoms with E-state index in [4.69, 9.17) is 36.8 Å². The van der Waals surface area contributed by atoms with Gasteiger partial charge in [0.2, 0.25) is 11.4 Å². The molecule has 1 N–H and O–H groups in total. The van der Waals surface area contributed by atoms with Crippen LogP contribution in [0.2, 0.25) is 10.0 Å². The van der Waals surface area contributed by atoms with Crippen molar-refractivity contribution in [3.63, 3.8) is 0 Å². The maximum Gasteiger partial charge on any atom is 0.228 e. The molecule has 0 unspecified atom stereocenters. The van der Waals surface area contributed by atoms with E-state index in [0.29, 0.717) is 21.5 Å². The second-order valence-electron chi connectivity index (χ2n) is 12.4. The third-order valence-electron chi connectivity index (χ3n) is 9.01. The summed E-state index contributed by atoms with van der Waals surface area (Å²) in [5.41, 5.74) is 7.89. The van der Waals surface area contributed by atoms with Crippen LogP contribution in [0.1, 0.15) is 27.7 Å². The Morgan fingerprint density at radius 2 is 1.06 bits per heavy atom. The van der Waals surface area contributed by atoms with Crippen molar-refractivity contribution in [3.05, 3.63) is 148 Å². The zero-order valence-corrected chi connectivity index (χ0v) is 31.0. The molecule has 0 aliphatic carbocycles. The molecule has 0 amide bonds. The Balaban J connectivity index is 0.000000182. The van der Waals surface area contributed by atoms with Crippen molar-refractivity contribution in [3.8, 4) is 44.9 Å². The van der Waals surface area contributed by atoms with Crippen molar-refractivity contribution < 1.29 is 13.6 Å². The first-order valence-electron chi connectivity index (χ1n) is 17.0. The van der Waals surface area contributed by atoms with Crippen LogP contribution in [0.5, 0.6) is 0 Å². The van der Waals surface area contributed by atoms with Crippen molar-refractivity contribution in [1.82, 2.24) is 9.97 Å². The summed E-state index contributed by atoms with van der Waals surface area (Å²) in [4.78, 5) is 8.94. The molecule has 274 valence electrons. The highest BCUT2D eigenvalue weighted by Crippen LogP contribution is 2.46. The lowest BCUT2D eigenvalue weighted by Crippen LogP contribution is -2.18. The number of hydrogen-bond donors (Lipinski definition) is 1. The number of halogens is 3. The first-order valence-corrected chi connectivity index (χ1v) is 18.6. The Labute approximate surface area is 334 Å². The van der Waals surface area contributed by atoms with Crippen molar-refractivity contribution in [2.75, 3.05) is 18.5 Å². The van der Waals surface area contributed by atoms with Gasteiger partial charge in [0.25, 0.3) is 0 Å². The average molecular weight is 822 g/mol. The minimum atomic E-state index is 0. The van der Waals surface area contributed by atoms with Crippen molar-refractivity contribution in [2.24, 2.45) is 0 Å². The lowest BCUT2D eigenvalue weighted by atomic mass is 9.99. The van der Waals surface area contributed by atoms with Gasteiger partial charge in [-0.15, -0.1) is 0 Å². The average Bonchev–Trinajstić information content (AvgIpc) is 3.96. The largest absolute Gasteiger partial charge is 0.437 e. The molecular weight excluding hydrogens is 781 g/mol. The van der Waals surface area contributed by atoms with Crippen LogP contribution in [0.4, 0.5) is 5.69 Å². The van der Waals surface area contributed by atoms with Gasteiger partial charge in [0, 0.05) is 41.6 Å². The molecule has 5 heterocycles. The van der Waals surface area contributed by atoms with Gasteiger partial charge in [-0.2, -0.15) is 0 Å². The van der Waals surface area contributed by atoms with E-state index in [-0.39, 0.29) is 21.0 Å². The van der Waals surface area contributed by atoms with Crippen LogP contribution in [-0.2, 0) is 4.74 Å². The van der Waals surface area contributed by atoms with Crippen molar-refractivity contribution in [2.45, 2.75) is 33.8 Å². The number of ether oxygens (including phenoxy) is 1. The normalized spacial score (nSPS) is 13.5. The monoisotopic (exact) mass is 819 g/mol. The van der Waals surface area contributed by atoms with Gasteiger partial charge in [-0.25, -0.2) is 9.97 Å². The molecule has 0 saturated carbocycles.